The van der Waals surface area contributed by atoms with Crippen molar-refractivity contribution >= 4 is 27.7 Å². The molecule has 8 heteroatoms. The molecule has 0 radical (unpaired) electrons. The van der Waals surface area contributed by atoms with Crippen LogP contribution in [0.2, 0.25) is 0 Å². The van der Waals surface area contributed by atoms with Crippen LogP contribution in [-0.2, 0) is 11.4 Å². The predicted molar refractivity (Wildman–Crippen MR) is 99.7 cm³/mol. The number of nitrogens with zero attached hydrogens (tertiary/aromatic N) is 1. The van der Waals surface area contributed by atoms with Crippen molar-refractivity contribution in [2.75, 3.05) is 0 Å². The molecule has 0 saturated carbocycles. The molecule has 0 saturated heterocycles. The van der Waals surface area contributed by atoms with E-state index >= 15 is 0 Å². The van der Waals surface area contributed by atoms with Gasteiger partial charge in [-0.25, -0.2) is 9.18 Å². The minimum Gasteiger partial charge on any atom is -0.484 e. The van der Waals surface area contributed by atoms with Crippen molar-refractivity contribution in [2.24, 2.45) is 10.9 Å². The number of hydrogen-bond acceptors (Lipinski definition) is 5. The minimum absolute atomic E-state index is 0.0450. The van der Waals surface area contributed by atoms with Crippen molar-refractivity contribution < 1.29 is 23.2 Å². The highest BCUT2D eigenvalue weighted by atomic mass is 79.9. The molecule has 3 aromatic rings. The van der Waals surface area contributed by atoms with Gasteiger partial charge in [0.15, 0.2) is 5.84 Å². The second-order valence-electron chi connectivity index (χ2n) is 5.35. The summed E-state index contributed by atoms with van der Waals surface area (Å²) in [4.78, 5) is 16.7. The molecule has 0 bridgehead atoms. The van der Waals surface area contributed by atoms with Crippen molar-refractivity contribution in [2.45, 2.75) is 6.61 Å². The molecule has 0 spiro atoms. The van der Waals surface area contributed by atoms with Gasteiger partial charge in [-0.1, -0.05) is 17.3 Å². The van der Waals surface area contributed by atoms with Crippen LogP contribution in [0.15, 0.2) is 74.7 Å². The third-order valence-electron chi connectivity index (χ3n) is 3.44. The molecule has 0 aliphatic carbocycles. The van der Waals surface area contributed by atoms with Crippen LogP contribution >= 0.6 is 15.9 Å². The smallest absolute Gasteiger partial charge is 0.400 e. The Morgan fingerprint density at radius 3 is 2.59 bits per heavy atom. The molecule has 0 amide bonds. The van der Waals surface area contributed by atoms with E-state index in [2.05, 4.69) is 21.1 Å². The summed E-state index contributed by atoms with van der Waals surface area (Å²) in [6, 6.07) is 15.7. The molecular weight excluding hydrogens is 419 g/mol. The lowest BCUT2D eigenvalue weighted by atomic mass is 10.2. The van der Waals surface area contributed by atoms with E-state index in [1.807, 2.05) is 18.2 Å². The summed E-state index contributed by atoms with van der Waals surface area (Å²) in [6.45, 7) is 0.136. The first-order chi connectivity index (χ1) is 13.0. The first kappa shape index (κ1) is 18.7. The highest BCUT2D eigenvalue weighted by Gasteiger charge is 2.14. The second kappa shape index (κ2) is 8.50. The van der Waals surface area contributed by atoms with Gasteiger partial charge in [0.05, 0.1) is 4.47 Å². The Hall–Kier alpha value is -3.13. The topological polar surface area (TPSA) is 87.1 Å². The van der Waals surface area contributed by atoms with Crippen LogP contribution in [0.25, 0.3) is 0 Å². The van der Waals surface area contributed by atoms with E-state index in [4.69, 9.17) is 19.7 Å². The zero-order chi connectivity index (χ0) is 19.2. The molecule has 0 aliphatic heterocycles. The highest BCUT2D eigenvalue weighted by Crippen LogP contribution is 2.25. The Bertz CT molecular complexity index is 970. The third kappa shape index (κ3) is 4.95. The predicted octanol–water partition coefficient (Wildman–Crippen LogP) is 4.24. The standard InChI is InChI=1S/C19H14BrFN2O4/c20-15-3-1-2-4-16(15)25-11-14-9-10-17(26-14)19(24)27-23-18(22)12-5-7-13(21)8-6-12/h1-10H,11H2,(H2,22,23). The number of amidine groups is 1. The normalized spacial score (nSPS) is 11.3. The van der Waals surface area contributed by atoms with E-state index < -0.39 is 11.8 Å². The Morgan fingerprint density at radius 1 is 1.11 bits per heavy atom. The molecule has 6 nitrogen and oxygen atoms in total. The van der Waals surface area contributed by atoms with Gasteiger partial charge in [0.2, 0.25) is 5.76 Å². The summed E-state index contributed by atoms with van der Waals surface area (Å²) < 4.78 is 24.7. The summed E-state index contributed by atoms with van der Waals surface area (Å²) in [5.74, 6) is -0.240. The van der Waals surface area contributed by atoms with E-state index in [9.17, 15) is 9.18 Å². The van der Waals surface area contributed by atoms with Crippen molar-refractivity contribution in [3.05, 3.63) is 88.0 Å². The highest BCUT2D eigenvalue weighted by molar-refractivity contribution is 9.10. The number of carbonyl (C=O) groups is 1. The van der Waals surface area contributed by atoms with E-state index in [-0.39, 0.29) is 18.2 Å². The number of oxime groups is 1. The zero-order valence-corrected chi connectivity index (χ0v) is 15.5. The van der Waals surface area contributed by atoms with Crippen LogP contribution < -0.4 is 10.5 Å². The number of halogens is 2. The van der Waals surface area contributed by atoms with Crippen LogP contribution in [0.1, 0.15) is 21.9 Å². The quantitative estimate of drug-likeness (QED) is 0.272. The van der Waals surface area contributed by atoms with Crippen molar-refractivity contribution in [1.29, 1.82) is 0 Å². The first-order valence-corrected chi connectivity index (χ1v) is 8.59. The lowest BCUT2D eigenvalue weighted by molar-refractivity contribution is 0.0475. The maximum absolute atomic E-state index is 12.9. The monoisotopic (exact) mass is 432 g/mol. The molecule has 2 aromatic carbocycles. The Morgan fingerprint density at radius 2 is 1.85 bits per heavy atom. The molecule has 1 aromatic heterocycles. The maximum atomic E-state index is 12.9. The fraction of sp³-hybridized carbons (Fsp3) is 0.0526. The van der Waals surface area contributed by atoms with Crippen molar-refractivity contribution in [1.82, 2.24) is 0 Å². The van der Waals surface area contributed by atoms with Gasteiger partial charge in [0.25, 0.3) is 0 Å². The zero-order valence-electron chi connectivity index (χ0n) is 13.9. The molecule has 0 atom stereocenters. The number of ether oxygens (including phenoxy) is 1. The van der Waals surface area contributed by atoms with Crippen LogP contribution in [0.3, 0.4) is 0 Å². The number of hydrogen-bond donors (Lipinski definition) is 1. The third-order valence-corrected chi connectivity index (χ3v) is 4.09. The van der Waals surface area contributed by atoms with Crippen LogP contribution in [0, 0.1) is 5.82 Å². The Kier molecular flexibility index (Phi) is 5.87. The van der Waals surface area contributed by atoms with Gasteiger partial charge in [-0.15, -0.1) is 0 Å². The number of rotatable bonds is 6. The van der Waals surface area contributed by atoms with E-state index in [1.54, 1.807) is 12.1 Å². The van der Waals surface area contributed by atoms with Crippen LogP contribution in [0.5, 0.6) is 5.75 Å². The average molecular weight is 433 g/mol. The number of para-hydroxylation sites is 1. The summed E-state index contributed by atoms with van der Waals surface area (Å²) in [5.41, 5.74) is 6.12. The van der Waals surface area contributed by atoms with E-state index in [0.29, 0.717) is 17.1 Å². The Labute approximate surface area is 162 Å². The van der Waals surface area contributed by atoms with Gasteiger partial charge in [0.1, 0.15) is 23.9 Å². The van der Waals surface area contributed by atoms with Crippen molar-refractivity contribution in [3.8, 4) is 5.75 Å². The summed E-state index contributed by atoms with van der Waals surface area (Å²) in [5, 5.41) is 3.54. The van der Waals surface area contributed by atoms with E-state index in [1.165, 1.54) is 30.3 Å². The molecule has 0 unspecified atom stereocenters. The fourth-order valence-electron chi connectivity index (χ4n) is 2.08. The van der Waals surface area contributed by atoms with Crippen LogP contribution in [-0.4, -0.2) is 11.8 Å². The first-order valence-electron chi connectivity index (χ1n) is 7.80. The van der Waals surface area contributed by atoms with Gasteiger partial charge in [-0.3, -0.25) is 0 Å². The molecule has 2 N–H and O–H groups in total. The molecule has 3 rings (SSSR count). The number of carbonyl (C=O) groups excluding carboxylic acids is 1. The SMILES string of the molecule is N/C(=N\OC(=O)c1ccc(COc2ccccc2Br)o1)c1ccc(F)cc1. The molecular formula is C19H14BrFN2O4. The fourth-order valence-corrected chi connectivity index (χ4v) is 2.48. The number of nitrogens with two attached hydrogens (primary N) is 1. The van der Waals surface area contributed by atoms with Gasteiger partial charge >= 0.3 is 5.97 Å². The lowest BCUT2D eigenvalue weighted by Crippen LogP contribution is -2.15. The van der Waals surface area contributed by atoms with Crippen LogP contribution in [0.4, 0.5) is 4.39 Å². The van der Waals surface area contributed by atoms with Crippen molar-refractivity contribution in [3.63, 3.8) is 0 Å². The molecule has 1 heterocycles. The van der Waals surface area contributed by atoms with Gasteiger partial charge in [-0.2, -0.15) is 0 Å². The van der Waals surface area contributed by atoms with Gasteiger partial charge < -0.3 is 19.7 Å². The maximum Gasteiger partial charge on any atom is 0.400 e. The number of benzene rings is 2. The summed E-state index contributed by atoms with van der Waals surface area (Å²) in [7, 11) is 0. The lowest BCUT2D eigenvalue weighted by Gasteiger charge is -2.05. The Balaban J connectivity index is 1.59. The van der Waals surface area contributed by atoms with E-state index in [0.717, 1.165) is 4.47 Å². The molecule has 27 heavy (non-hydrogen) atoms. The van der Waals surface area contributed by atoms with Gasteiger partial charge in [-0.05, 0) is 64.5 Å². The molecule has 0 aliphatic rings. The van der Waals surface area contributed by atoms with Gasteiger partial charge in [0, 0.05) is 5.56 Å². The second-order valence-corrected chi connectivity index (χ2v) is 6.20. The number of furan rings is 1. The summed E-state index contributed by atoms with van der Waals surface area (Å²) >= 11 is 3.38. The minimum atomic E-state index is -0.813. The molecule has 138 valence electrons. The summed E-state index contributed by atoms with van der Waals surface area (Å²) in [6.07, 6.45) is 0. The molecule has 0 fully saturated rings. The average Bonchev–Trinajstić information content (AvgIpc) is 3.15. The largest absolute Gasteiger partial charge is 0.484 e.